The molecule has 2 aliphatic rings. The van der Waals surface area contributed by atoms with Crippen molar-refractivity contribution in [2.45, 2.75) is 77.7 Å². The number of nitrogens with one attached hydrogen (secondary N) is 1. The van der Waals surface area contributed by atoms with E-state index >= 15 is 0 Å². The van der Waals surface area contributed by atoms with E-state index in [2.05, 4.69) is 49.1 Å². The topological polar surface area (TPSA) is 68.6 Å². The van der Waals surface area contributed by atoms with Crippen molar-refractivity contribution in [2.75, 3.05) is 26.0 Å². The summed E-state index contributed by atoms with van der Waals surface area (Å²) in [5.74, 6) is 0.926. The van der Waals surface area contributed by atoms with Gasteiger partial charge in [-0.3, -0.25) is 9.48 Å². The van der Waals surface area contributed by atoms with Crippen LogP contribution in [0.2, 0.25) is 0 Å². The van der Waals surface area contributed by atoms with E-state index in [1.807, 2.05) is 43.2 Å². The number of hydrogen-bond donors (Lipinski definition) is 1. The molecule has 4 atom stereocenters. The van der Waals surface area contributed by atoms with Crippen LogP contribution in [0.4, 0.5) is 5.69 Å². The number of carbonyl (C=O) groups excluding carboxylic acids is 1. The van der Waals surface area contributed by atoms with Crippen LogP contribution >= 0.6 is 0 Å². The number of allylic oxidation sites excluding steroid dienone is 2. The van der Waals surface area contributed by atoms with E-state index in [9.17, 15) is 4.79 Å². The summed E-state index contributed by atoms with van der Waals surface area (Å²) in [5.41, 5.74) is 3.30. The first-order valence-corrected chi connectivity index (χ1v) is 12.7. The molecule has 0 radical (unpaired) electrons. The van der Waals surface area contributed by atoms with E-state index in [0.717, 1.165) is 50.1 Å². The SMILES string of the molecule is CC(C)=CCC[C@]1(C)Oc2ccc(C(=O)Nc3cnn(CCN(C)C)c3)cc2[C@@H]2O[C@H](C)CC[C@H]21. The van der Waals surface area contributed by atoms with Gasteiger partial charge in [-0.05, 0) is 85.7 Å². The molecule has 2 aliphatic heterocycles. The van der Waals surface area contributed by atoms with Crippen LogP contribution in [0.5, 0.6) is 5.75 Å². The van der Waals surface area contributed by atoms with Crippen molar-refractivity contribution in [2.24, 2.45) is 5.92 Å². The maximum absolute atomic E-state index is 13.1. The van der Waals surface area contributed by atoms with Crippen LogP contribution in [0, 0.1) is 5.92 Å². The van der Waals surface area contributed by atoms with Gasteiger partial charge >= 0.3 is 0 Å². The summed E-state index contributed by atoms with van der Waals surface area (Å²) in [5, 5.41) is 7.33. The highest BCUT2D eigenvalue weighted by Crippen LogP contribution is 2.52. The first-order chi connectivity index (χ1) is 16.6. The Hall–Kier alpha value is -2.64. The molecule has 7 nitrogen and oxygen atoms in total. The zero-order valence-corrected chi connectivity index (χ0v) is 22.0. The van der Waals surface area contributed by atoms with Crippen LogP contribution in [0.15, 0.2) is 42.2 Å². The lowest BCUT2D eigenvalue weighted by Gasteiger charge is -2.50. The summed E-state index contributed by atoms with van der Waals surface area (Å²) in [6.07, 6.45) is 9.95. The number of likely N-dealkylation sites (N-methyl/N-ethyl adjacent to an activating group) is 1. The minimum Gasteiger partial charge on any atom is -0.487 e. The highest BCUT2D eigenvalue weighted by molar-refractivity contribution is 6.04. The third-order valence-electron chi connectivity index (χ3n) is 7.20. The van der Waals surface area contributed by atoms with Gasteiger partial charge in [0.05, 0.1) is 30.6 Å². The number of ether oxygens (including phenoxy) is 2. The van der Waals surface area contributed by atoms with Gasteiger partial charge in [-0.15, -0.1) is 0 Å². The Bertz CT molecular complexity index is 1070. The molecular weight excluding hydrogens is 440 g/mol. The monoisotopic (exact) mass is 480 g/mol. The molecule has 1 aromatic carbocycles. The molecule has 1 aromatic heterocycles. The Balaban J connectivity index is 1.53. The Morgan fingerprint density at radius 3 is 2.86 bits per heavy atom. The number of hydrogen-bond acceptors (Lipinski definition) is 5. The molecule has 1 amide bonds. The van der Waals surface area contributed by atoms with Crippen LogP contribution in [-0.2, 0) is 11.3 Å². The molecule has 1 saturated heterocycles. The first kappa shape index (κ1) is 25.5. The van der Waals surface area contributed by atoms with Gasteiger partial charge in [0.1, 0.15) is 11.4 Å². The summed E-state index contributed by atoms with van der Waals surface area (Å²) in [6, 6.07) is 5.73. The average molecular weight is 481 g/mol. The Morgan fingerprint density at radius 2 is 2.11 bits per heavy atom. The van der Waals surface area contributed by atoms with Crippen molar-refractivity contribution in [1.82, 2.24) is 14.7 Å². The van der Waals surface area contributed by atoms with E-state index in [4.69, 9.17) is 9.47 Å². The Kier molecular flexibility index (Phi) is 7.67. The second-order valence-electron chi connectivity index (χ2n) is 10.8. The molecule has 190 valence electrons. The number of aromatic nitrogens is 2. The number of fused-ring (bicyclic) bond motifs is 3. The molecular formula is C28H40N4O3. The zero-order valence-electron chi connectivity index (χ0n) is 22.0. The van der Waals surface area contributed by atoms with Crippen molar-refractivity contribution in [3.05, 3.63) is 53.4 Å². The van der Waals surface area contributed by atoms with Crippen molar-refractivity contribution in [3.8, 4) is 5.75 Å². The summed E-state index contributed by atoms with van der Waals surface area (Å²) in [6.45, 7) is 10.3. The number of carbonyl (C=O) groups is 1. The quantitative estimate of drug-likeness (QED) is 0.509. The molecule has 0 aliphatic carbocycles. The lowest BCUT2D eigenvalue weighted by Crippen LogP contribution is -2.50. The number of amides is 1. The second kappa shape index (κ2) is 10.5. The van der Waals surface area contributed by atoms with Gasteiger partial charge in [-0.25, -0.2) is 0 Å². The Morgan fingerprint density at radius 1 is 1.31 bits per heavy atom. The number of anilines is 1. The highest BCUT2D eigenvalue weighted by Gasteiger charge is 2.49. The van der Waals surface area contributed by atoms with Crippen LogP contribution in [0.1, 0.15) is 75.4 Å². The van der Waals surface area contributed by atoms with E-state index in [1.54, 1.807) is 6.20 Å². The third kappa shape index (κ3) is 5.96. The minimum atomic E-state index is -0.297. The van der Waals surface area contributed by atoms with Gasteiger partial charge in [0.2, 0.25) is 0 Å². The van der Waals surface area contributed by atoms with Gasteiger partial charge in [-0.2, -0.15) is 5.10 Å². The molecule has 3 heterocycles. The maximum Gasteiger partial charge on any atom is 0.255 e. The molecule has 35 heavy (non-hydrogen) atoms. The maximum atomic E-state index is 13.1. The first-order valence-electron chi connectivity index (χ1n) is 12.7. The normalized spacial score (nSPS) is 25.4. The molecule has 7 heteroatoms. The lowest BCUT2D eigenvalue weighted by atomic mass is 9.72. The number of rotatable bonds is 8. The van der Waals surface area contributed by atoms with Gasteiger partial charge < -0.3 is 19.7 Å². The van der Waals surface area contributed by atoms with Crippen LogP contribution in [-0.4, -0.2) is 52.9 Å². The fourth-order valence-electron chi connectivity index (χ4n) is 5.17. The predicted molar refractivity (Wildman–Crippen MR) is 139 cm³/mol. The van der Waals surface area contributed by atoms with E-state index in [-0.39, 0.29) is 29.6 Å². The second-order valence-corrected chi connectivity index (χ2v) is 10.8. The van der Waals surface area contributed by atoms with Gasteiger partial charge in [0, 0.05) is 29.8 Å². The number of nitrogens with zero attached hydrogens (tertiary/aromatic N) is 3. The van der Waals surface area contributed by atoms with Crippen LogP contribution < -0.4 is 10.1 Å². The van der Waals surface area contributed by atoms with E-state index < -0.39 is 0 Å². The largest absolute Gasteiger partial charge is 0.487 e. The van der Waals surface area contributed by atoms with E-state index in [1.165, 1.54) is 5.57 Å². The Labute approximate surface area is 209 Å². The van der Waals surface area contributed by atoms with Crippen LogP contribution in [0.25, 0.3) is 0 Å². The number of benzene rings is 1. The van der Waals surface area contributed by atoms with Gasteiger partial charge in [0.15, 0.2) is 0 Å². The van der Waals surface area contributed by atoms with Crippen molar-refractivity contribution < 1.29 is 14.3 Å². The molecule has 1 N–H and O–H groups in total. The van der Waals surface area contributed by atoms with Crippen molar-refractivity contribution >= 4 is 11.6 Å². The summed E-state index contributed by atoms with van der Waals surface area (Å²) in [7, 11) is 4.05. The molecule has 1 fully saturated rings. The van der Waals surface area contributed by atoms with Crippen molar-refractivity contribution in [3.63, 3.8) is 0 Å². The summed E-state index contributed by atoms with van der Waals surface area (Å²) >= 11 is 0. The van der Waals surface area contributed by atoms with Gasteiger partial charge in [-0.1, -0.05) is 11.6 Å². The minimum absolute atomic E-state index is 0.0688. The highest BCUT2D eigenvalue weighted by atomic mass is 16.5. The van der Waals surface area contributed by atoms with Crippen molar-refractivity contribution in [1.29, 1.82) is 0 Å². The standard InChI is InChI=1S/C28H40N4O3/c1-19(2)8-7-13-28(4)24-11-9-20(3)34-26(24)23-16-21(10-12-25(23)35-28)27(33)30-22-17-29-32(18-22)15-14-31(5)6/h8,10,12,16-18,20,24,26H,7,9,11,13-15H2,1-6H3,(H,30,33)/t20-,24-,26+,28+/m1/s1. The van der Waals surface area contributed by atoms with E-state index in [0.29, 0.717) is 11.3 Å². The van der Waals surface area contributed by atoms with Gasteiger partial charge in [0.25, 0.3) is 5.91 Å². The fourth-order valence-corrected chi connectivity index (χ4v) is 5.17. The molecule has 0 spiro atoms. The smallest absolute Gasteiger partial charge is 0.255 e. The molecule has 0 bridgehead atoms. The predicted octanol–water partition coefficient (Wildman–Crippen LogP) is 5.45. The summed E-state index contributed by atoms with van der Waals surface area (Å²) in [4.78, 5) is 15.2. The zero-order chi connectivity index (χ0) is 25.2. The lowest BCUT2D eigenvalue weighted by molar-refractivity contribution is -0.152. The molecule has 0 saturated carbocycles. The average Bonchev–Trinajstić information content (AvgIpc) is 3.24. The fraction of sp³-hybridized carbons (Fsp3) is 0.571. The van der Waals surface area contributed by atoms with Crippen LogP contribution in [0.3, 0.4) is 0 Å². The molecule has 2 aromatic rings. The molecule has 0 unspecified atom stereocenters. The summed E-state index contributed by atoms with van der Waals surface area (Å²) < 4.78 is 15.0. The third-order valence-corrected chi connectivity index (χ3v) is 7.20. The molecule has 4 rings (SSSR count).